The van der Waals surface area contributed by atoms with Gasteiger partial charge >= 0.3 is 10.2 Å². The second-order valence-corrected chi connectivity index (χ2v) is 8.04. The van der Waals surface area contributed by atoms with Gasteiger partial charge in [-0.1, -0.05) is 12.1 Å². The highest BCUT2D eigenvalue weighted by atomic mass is 32.2. The molecule has 1 N–H and O–H groups in total. The van der Waals surface area contributed by atoms with E-state index in [1.165, 1.54) is 33.3 Å². The van der Waals surface area contributed by atoms with Crippen LogP contribution in [0, 0.1) is 0 Å². The highest BCUT2D eigenvalue weighted by Gasteiger charge is 2.19. The molecular formula is C10H17N3O4S2. The molecule has 0 amide bonds. The lowest BCUT2D eigenvalue weighted by Gasteiger charge is -2.21. The zero-order valence-electron chi connectivity index (χ0n) is 11.2. The van der Waals surface area contributed by atoms with Crippen LogP contribution in [0.4, 0.5) is 11.4 Å². The molecule has 19 heavy (non-hydrogen) atoms. The van der Waals surface area contributed by atoms with Gasteiger partial charge < -0.3 is 0 Å². The van der Waals surface area contributed by atoms with E-state index < -0.39 is 20.2 Å². The van der Waals surface area contributed by atoms with Crippen molar-refractivity contribution < 1.29 is 16.8 Å². The third kappa shape index (κ3) is 3.82. The topological polar surface area (TPSA) is 86.8 Å². The maximum Gasteiger partial charge on any atom is 0.301 e. The fourth-order valence-corrected chi connectivity index (χ4v) is 2.39. The molecule has 0 unspecified atom stereocenters. The Morgan fingerprint density at radius 3 is 2.00 bits per heavy atom. The summed E-state index contributed by atoms with van der Waals surface area (Å²) in [6, 6.07) is 6.27. The molecule has 7 nitrogen and oxygen atoms in total. The van der Waals surface area contributed by atoms with Gasteiger partial charge in [0.1, 0.15) is 0 Å². The van der Waals surface area contributed by atoms with Gasteiger partial charge in [-0.25, -0.2) is 8.42 Å². The molecule has 0 saturated heterocycles. The van der Waals surface area contributed by atoms with Gasteiger partial charge in [0.05, 0.1) is 17.6 Å². The maximum absolute atomic E-state index is 11.8. The Balaban J connectivity index is 3.25. The van der Waals surface area contributed by atoms with Crippen LogP contribution in [0.3, 0.4) is 0 Å². The van der Waals surface area contributed by atoms with E-state index in [2.05, 4.69) is 4.72 Å². The lowest BCUT2D eigenvalue weighted by Crippen LogP contribution is -2.31. The molecule has 9 heteroatoms. The Bertz CT molecular complexity index is 653. The van der Waals surface area contributed by atoms with E-state index in [1.54, 1.807) is 12.1 Å². The Kier molecular flexibility index (Phi) is 4.43. The van der Waals surface area contributed by atoms with Gasteiger partial charge in [0.2, 0.25) is 10.0 Å². The number of hydrogen-bond donors (Lipinski definition) is 1. The second-order valence-electron chi connectivity index (χ2n) is 4.14. The maximum atomic E-state index is 11.8. The van der Waals surface area contributed by atoms with Crippen LogP contribution in [0.1, 0.15) is 0 Å². The molecule has 0 bridgehead atoms. The van der Waals surface area contributed by atoms with Crippen molar-refractivity contribution in [1.82, 2.24) is 4.31 Å². The largest absolute Gasteiger partial charge is 0.301 e. The standard InChI is InChI=1S/C10H17N3O4S2/c1-12(2)19(16,17)11-9-7-5-6-8-10(9)13(3)18(4,14)15/h5-8,11H,1-4H3. The third-order valence-electron chi connectivity index (χ3n) is 2.46. The SMILES string of the molecule is CN(c1ccccc1NS(=O)(=O)N(C)C)S(C)(=O)=O. The summed E-state index contributed by atoms with van der Waals surface area (Å²) in [6.45, 7) is 0. The number of rotatable bonds is 5. The third-order valence-corrected chi connectivity index (χ3v) is 5.09. The Morgan fingerprint density at radius 1 is 1.00 bits per heavy atom. The van der Waals surface area contributed by atoms with Crippen molar-refractivity contribution >= 4 is 31.6 Å². The van der Waals surface area contributed by atoms with E-state index in [-0.39, 0.29) is 11.4 Å². The summed E-state index contributed by atoms with van der Waals surface area (Å²) < 4.78 is 50.9. The smallest absolute Gasteiger partial charge is 0.271 e. The van der Waals surface area contributed by atoms with Crippen molar-refractivity contribution in [3.8, 4) is 0 Å². The normalized spacial score (nSPS) is 12.5. The fraction of sp³-hybridized carbons (Fsp3) is 0.400. The van der Waals surface area contributed by atoms with Gasteiger partial charge in [0.15, 0.2) is 0 Å². The quantitative estimate of drug-likeness (QED) is 0.847. The molecule has 0 atom stereocenters. The van der Waals surface area contributed by atoms with Gasteiger partial charge in [-0.15, -0.1) is 0 Å². The number of nitrogens with one attached hydrogen (secondary N) is 1. The van der Waals surface area contributed by atoms with Crippen LogP contribution in [0.25, 0.3) is 0 Å². The van der Waals surface area contributed by atoms with E-state index >= 15 is 0 Å². The highest BCUT2D eigenvalue weighted by Crippen LogP contribution is 2.27. The minimum absolute atomic E-state index is 0.198. The molecule has 0 fully saturated rings. The zero-order valence-corrected chi connectivity index (χ0v) is 12.8. The molecule has 0 radical (unpaired) electrons. The molecule has 1 rings (SSSR count). The molecule has 0 spiro atoms. The molecule has 0 saturated carbocycles. The van der Waals surface area contributed by atoms with Crippen molar-refractivity contribution in [1.29, 1.82) is 0 Å². The van der Waals surface area contributed by atoms with Crippen LogP contribution in [0.2, 0.25) is 0 Å². The molecule has 108 valence electrons. The summed E-state index contributed by atoms with van der Waals surface area (Å²) in [5.74, 6) is 0. The predicted octanol–water partition coefficient (Wildman–Crippen LogP) is 0.301. The number of para-hydroxylation sites is 2. The van der Waals surface area contributed by atoms with Crippen LogP contribution >= 0.6 is 0 Å². The number of nitrogens with zero attached hydrogens (tertiary/aromatic N) is 2. The van der Waals surface area contributed by atoms with E-state index in [1.807, 2.05) is 0 Å². The molecule has 1 aromatic carbocycles. The predicted molar refractivity (Wildman–Crippen MR) is 75.9 cm³/mol. The summed E-state index contributed by atoms with van der Waals surface area (Å²) >= 11 is 0. The monoisotopic (exact) mass is 307 g/mol. The van der Waals surface area contributed by atoms with Gasteiger partial charge in [-0.2, -0.15) is 12.7 Å². The average molecular weight is 307 g/mol. The van der Waals surface area contributed by atoms with Crippen molar-refractivity contribution in [3.63, 3.8) is 0 Å². The highest BCUT2D eigenvalue weighted by molar-refractivity contribution is 7.92. The lowest BCUT2D eigenvalue weighted by atomic mass is 10.3. The summed E-state index contributed by atoms with van der Waals surface area (Å²) in [6.07, 6.45) is 1.05. The minimum atomic E-state index is -3.69. The van der Waals surface area contributed by atoms with Crippen molar-refractivity contribution in [3.05, 3.63) is 24.3 Å². The zero-order chi connectivity index (χ0) is 14.8. The molecule has 0 aliphatic heterocycles. The van der Waals surface area contributed by atoms with Crippen molar-refractivity contribution in [2.45, 2.75) is 0 Å². The fourth-order valence-electron chi connectivity index (χ4n) is 1.24. The molecule has 0 heterocycles. The van der Waals surface area contributed by atoms with Gasteiger partial charge in [0, 0.05) is 21.1 Å². The summed E-state index contributed by atoms with van der Waals surface area (Å²) in [7, 11) is -3.04. The number of sulfonamides is 1. The summed E-state index contributed by atoms with van der Waals surface area (Å²) in [5.41, 5.74) is 0.458. The Morgan fingerprint density at radius 2 is 1.53 bits per heavy atom. The summed E-state index contributed by atoms with van der Waals surface area (Å²) in [5, 5.41) is 0. The molecule has 0 aliphatic rings. The second kappa shape index (κ2) is 5.35. The van der Waals surface area contributed by atoms with Gasteiger partial charge in [-0.3, -0.25) is 9.03 Å². The van der Waals surface area contributed by atoms with Crippen molar-refractivity contribution in [2.75, 3.05) is 36.4 Å². The van der Waals surface area contributed by atoms with Crippen LogP contribution in [-0.2, 0) is 20.2 Å². The number of hydrogen-bond acceptors (Lipinski definition) is 4. The first-order chi connectivity index (χ1) is 8.55. The molecule has 0 aromatic heterocycles. The van der Waals surface area contributed by atoms with Gasteiger partial charge in [0.25, 0.3) is 0 Å². The summed E-state index contributed by atoms with van der Waals surface area (Å²) in [4.78, 5) is 0. The van der Waals surface area contributed by atoms with Crippen LogP contribution in [-0.4, -0.2) is 48.5 Å². The van der Waals surface area contributed by atoms with Crippen LogP contribution in [0.5, 0.6) is 0 Å². The van der Waals surface area contributed by atoms with Gasteiger partial charge in [-0.05, 0) is 12.1 Å². The molecule has 1 aromatic rings. The first-order valence-corrected chi connectivity index (χ1v) is 8.58. The Labute approximate surface area is 114 Å². The Hall–Kier alpha value is -1.32. The van der Waals surface area contributed by atoms with E-state index in [4.69, 9.17) is 0 Å². The van der Waals surface area contributed by atoms with Crippen molar-refractivity contribution in [2.24, 2.45) is 0 Å². The van der Waals surface area contributed by atoms with Crippen LogP contribution in [0.15, 0.2) is 24.3 Å². The van der Waals surface area contributed by atoms with Crippen LogP contribution < -0.4 is 9.03 Å². The molecular weight excluding hydrogens is 290 g/mol. The minimum Gasteiger partial charge on any atom is -0.271 e. The lowest BCUT2D eigenvalue weighted by molar-refractivity contribution is 0.527. The number of anilines is 2. The van der Waals surface area contributed by atoms with E-state index in [0.29, 0.717) is 0 Å². The number of benzene rings is 1. The molecule has 0 aliphatic carbocycles. The van der Waals surface area contributed by atoms with E-state index in [9.17, 15) is 16.8 Å². The first-order valence-electron chi connectivity index (χ1n) is 5.29. The first kappa shape index (κ1) is 15.7. The van der Waals surface area contributed by atoms with E-state index in [0.717, 1.165) is 14.9 Å². The average Bonchev–Trinajstić information content (AvgIpc) is 2.27.